The van der Waals surface area contributed by atoms with Gasteiger partial charge >= 0.3 is 0 Å². The molecule has 0 bridgehead atoms. The minimum Gasteiger partial charge on any atom is -0.394 e. The summed E-state index contributed by atoms with van der Waals surface area (Å²) in [5.41, 5.74) is 0. The fourth-order valence-electron chi connectivity index (χ4n) is 11.5. The van der Waals surface area contributed by atoms with Crippen molar-refractivity contribution in [1.29, 1.82) is 0 Å². The van der Waals surface area contributed by atoms with E-state index in [1.807, 2.05) is 6.08 Å². The molecule has 3 aliphatic rings. The van der Waals surface area contributed by atoms with Gasteiger partial charge in [0.2, 0.25) is 5.91 Å². The molecular formula is C68H123NO18. The molecule has 0 aliphatic carbocycles. The van der Waals surface area contributed by atoms with E-state index in [2.05, 4.69) is 55.6 Å². The number of carbonyl (C=O) groups is 1. The molecule has 0 aromatic carbocycles. The van der Waals surface area contributed by atoms with Crippen LogP contribution in [0.15, 0.2) is 48.6 Å². The molecule has 17 atom stereocenters. The van der Waals surface area contributed by atoms with Crippen LogP contribution in [-0.4, -0.2) is 193 Å². The fraction of sp³-hybridized carbons (Fsp3) is 0.868. The SMILES string of the molecule is CCCCCCCCC/C=C\CCCCCCCC(=O)NC(COC1OC(CO)C(OC2OC(CO)C(OC3OC(CO)C(O)C(O)C3O)C(O)C2O)C(O)C1O)C(O)/C=C/CC/C=C/CC/C=C/CCCCCCCCCCCCCCCCCC. The summed E-state index contributed by atoms with van der Waals surface area (Å²) < 4.78 is 34.3. The minimum absolute atomic E-state index is 0.221. The van der Waals surface area contributed by atoms with Crippen molar-refractivity contribution in [1.82, 2.24) is 5.32 Å². The lowest BCUT2D eigenvalue weighted by Crippen LogP contribution is -2.66. The van der Waals surface area contributed by atoms with Crippen LogP contribution in [0.25, 0.3) is 0 Å². The van der Waals surface area contributed by atoms with Crippen LogP contribution in [-0.2, 0) is 33.2 Å². The summed E-state index contributed by atoms with van der Waals surface area (Å²) in [6.45, 7) is 1.71. The Kier molecular flexibility index (Phi) is 45.7. The Bertz CT molecular complexity index is 1770. The van der Waals surface area contributed by atoms with Crippen molar-refractivity contribution in [2.75, 3.05) is 26.4 Å². The Morgan fingerprint density at radius 3 is 1.15 bits per heavy atom. The topological polar surface area (TPSA) is 307 Å². The fourth-order valence-corrected chi connectivity index (χ4v) is 11.5. The smallest absolute Gasteiger partial charge is 0.220 e. The summed E-state index contributed by atoms with van der Waals surface area (Å²) in [4.78, 5) is 13.4. The lowest BCUT2D eigenvalue weighted by molar-refractivity contribution is -0.379. The molecule has 3 rings (SSSR count). The predicted octanol–water partition coefficient (Wildman–Crippen LogP) is 8.61. The van der Waals surface area contributed by atoms with Crippen LogP contribution in [0.3, 0.4) is 0 Å². The number of hydrogen-bond donors (Lipinski definition) is 12. The molecule has 508 valence electrons. The van der Waals surface area contributed by atoms with E-state index >= 15 is 0 Å². The van der Waals surface area contributed by atoms with Crippen molar-refractivity contribution in [3.05, 3.63) is 48.6 Å². The van der Waals surface area contributed by atoms with Crippen molar-refractivity contribution in [2.45, 2.75) is 349 Å². The summed E-state index contributed by atoms with van der Waals surface area (Å²) >= 11 is 0. The lowest BCUT2D eigenvalue weighted by Gasteiger charge is -2.48. The summed E-state index contributed by atoms with van der Waals surface area (Å²) in [6, 6.07) is -1.00. The third-order valence-electron chi connectivity index (χ3n) is 17.1. The number of nitrogens with one attached hydrogen (secondary N) is 1. The monoisotopic (exact) mass is 1240 g/mol. The van der Waals surface area contributed by atoms with E-state index in [0.29, 0.717) is 12.8 Å². The summed E-state index contributed by atoms with van der Waals surface area (Å²) in [7, 11) is 0. The number of carbonyl (C=O) groups excluding carboxylic acids is 1. The van der Waals surface area contributed by atoms with E-state index in [4.69, 9.17) is 28.4 Å². The predicted molar refractivity (Wildman–Crippen MR) is 337 cm³/mol. The maximum atomic E-state index is 13.4. The highest BCUT2D eigenvalue weighted by Gasteiger charge is 2.53. The van der Waals surface area contributed by atoms with Gasteiger partial charge in [-0.1, -0.05) is 217 Å². The maximum Gasteiger partial charge on any atom is 0.220 e. The largest absolute Gasteiger partial charge is 0.394 e. The lowest BCUT2D eigenvalue weighted by atomic mass is 9.96. The van der Waals surface area contributed by atoms with E-state index < -0.39 is 124 Å². The van der Waals surface area contributed by atoms with Gasteiger partial charge in [-0.15, -0.1) is 0 Å². The molecule has 0 saturated carbocycles. The van der Waals surface area contributed by atoms with E-state index in [-0.39, 0.29) is 18.9 Å². The third kappa shape index (κ3) is 32.7. The molecule has 3 heterocycles. The molecule has 12 N–H and O–H groups in total. The van der Waals surface area contributed by atoms with Gasteiger partial charge < -0.3 is 89.9 Å². The molecular weight excluding hydrogens is 1120 g/mol. The molecule has 3 aliphatic heterocycles. The Morgan fingerprint density at radius 2 is 0.736 bits per heavy atom. The molecule has 0 spiro atoms. The molecule has 0 aromatic heterocycles. The average Bonchev–Trinajstić information content (AvgIpc) is 2.88. The molecule has 0 aromatic rings. The maximum absolute atomic E-state index is 13.4. The second-order valence-electron chi connectivity index (χ2n) is 24.6. The van der Waals surface area contributed by atoms with Gasteiger partial charge in [0.25, 0.3) is 0 Å². The number of aliphatic hydroxyl groups excluding tert-OH is 11. The van der Waals surface area contributed by atoms with E-state index in [0.717, 1.165) is 64.2 Å². The minimum atomic E-state index is -1.98. The molecule has 3 saturated heterocycles. The molecule has 19 heteroatoms. The Morgan fingerprint density at radius 1 is 0.402 bits per heavy atom. The molecule has 1 amide bonds. The standard InChI is InChI=1S/C68H123NO18/c1-3-5-7-9-11-13-15-17-19-21-22-23-24-25-26-27-28-29-30-31-33-35-37-39-41-43-45-52(73)51(69-56(74)46-44-42-40-38-36-34-32-20-18-16-14-12-10-8-6-4-2)50-82-66-62(80)59(77)64(54(48-71)84-66)87-68-63(81)60(78)65(55(49-72)85-68)86-67-61(79)58(76)57(75)53(47-70)83-67/h20,29-30,32,35,37,43,45,51-55,57-68,70-73,75-81H,3-19,21-28,31,33-34,36,38-42,44,46-50H2,1-2H3,(H,69,74)/b30-29+,32-20-,37-35+,45-43+. The van der Waals surface area contributed by atoms with Crippen LogP contribution in [0, 0.1) is 0 Å². The van der Waals surface area contributed by atoms with Crippen molar-refractivity contribution in [3.8, 4) is 0 Å². The molecule has 3 fully saturated rings. The molecule has 87 heavy (non-hydrogen) atoms. The van der Waals surface area contributed by atoms with Crippen LogP contribution >= 0.6 is 0 Å². The highest BCUT2D eigenvalue weighted by atomic mass is 16.8. The Balaban J connectivity index is 1.46. The van der Waals surface area contributed by atoms with Gasteiger partial charge in [0.05, 0.1) is 38.6 Å². The average molecular weight is 1240 g/mol. The van der Waals surface area contributed by atoms with Gasteiger partial charge in [0, 0.05) is 6.42 Å². The summed E-state index contributed by atoms with van der Waals surface area (Å²) in [5.74, 6) is -0.298. The second-order valence-corrected chi connectivity index (χ2v) is 24.6. The highest BCUT2D eigenvalue weighted by Crippen LogP contribution is 2.33. The van der Waals surface area contributed by atoms with Crippen LogP contribution in [0.1, 0.15) is 245 Å². The van der Waals surface area contributed by atoms with E-state index in [1.165, 1.54) is 148 Å². The highest BCUT2D eigenvalue weighted by molar-refractivity contribution is 5.76. The first kappa shape index (κ1) is 79.0. The zero-order chi connectivity index (χ0) is 63.3. The van der Waals surface area contributed by atoms with Gasteiger partial charge in [-0.2, -0.15) is 0 Å². The zero-order valence-electron chi connectivity index (χ0n) is 53.5. The van der Waals surface area contributed by atoms with E-state index in [9.17, 15) is 61.0 Å². The van der Waals surface area contributed by atoms with Crippen molar-refractivity contribution >= 4 is 5.91 Å². The van der Waals surface area contributed by atoms with Gasteiger partial charge in [-0.05, 0) is 70.6 Å². The van der Waals surface area contributed by atoms with Crippen LogP contribution in [0.5, 0.6) is 0 Å². The Labute approximate surface area is 523 Å². The second kappa shape index (κ2) is 50.3. The number of amides is 1. The van der Waals surface area contributed by atoms with Gasteiger partial charge in [0.15, 0.2) is 18.9 Å². The van der Waals surface area contributed by atoms with Crippen LogP contribution < -0.4 is 5.32 Å². The number of unbranched alkanes of at least 4 members (excludes halogenated alkanes) is 30. The summed E-state index contributed by atoms with van der Waals surface area (Å²) in [5, 5.41) is 120. The molecule has 17 unspecified atom stereocenters. The molecule has 0 radical (unpaired) electrons. The van der Waals surface area contributed by atoms with Crippen molar-refractivity contribution in [2.24, 2.45) is 0 Å². The van der Waals surface area contributed by atoms with E-state index in [1.54, 1.807) is 6.08 Å². The number of aliphatic hydroxyl groups is 11. The Hall–Kier alpha value is -2.25. The number of hydrogen-bond acceptors (Lipinski definition) is 18. The summed E-state index contributed by atoms with van der Waals surface area (Å²) in [6.07, 6.45) is 32.4. The first-order valence-electron chi connectivity index (χ1n) is 34.4. The number of ether oxygens (including phenoxy) is 6. The third-order valence-corrected chi connectivity index (χ3v) is 17.1. The van der Waals surface area contributed by atoms with Gasteiger partial charge in [0.1, 0.15) is 73.2 Å². The first-order chi connectivity index (χ1) is 42.3. The zero-order valence-corrected chi connectivity index (χ0v) is 53.5. The van der Waals surface area contributed by atoms with Crippen LogP contribution in [0.2, 0.25) is 0 Å². The molecule has 19 nitrogen and oxygen atoms in total. The van der Waals surface area contributed by atoms with Crippen molar-refractivity contribution < 1.29 is 89.4 Å². The normalized spacial score (nSPS) is 28.9. The van der Waals surface area contributed by atoms with Crippen LogP contribution in [0.4, 0.5) is 0 Å². The number of allylic oxidation sites excluding steroid dienone is 7. The number of rotatable bonds is 52. The quantitative estimate of drug-likeness (QED) is 0.0200. The van der Waals surface area contributed by atoms with Gasteiger partial charge in [-0.25, -0.2) is 0 Å². The van der Waals surface area contributed by atoms with Gasteiger partial charge in [-0.3, -0.25) is 4.79 Å². The van der Waals surface area contributed by atoms with Crippen molar-refractivity contribution in [3.63, 3.8) is 0 Å². The first-order valence-corrected chi connectivity index (χ1v) is 34.4.